The summed E-state index contributed by atoms with van der Waals surface area (Å²) in [6, 6.07) is 7.51. The van der Waals surface area contributed by atoms with E-state index >= 15 is 0 Å². The fourth-order valence-corrected chi connectivity index (χ4v) is 6.44. The minimum Gasteiger partial charge on any atom is -0.491 e. The van der Waals surface area contributed by atoms with Crippen LogP contribution in [0, 0.1) is 30.6 Å². The maximum Gasteiger partial charge on any atom is 0.163 e. The number of halogens is 2. The zero-order valence-corrected chi connectivity index (χ0v) is 26.1. The lowest BCUT2D eigenvalue weighted by atomic mass is 9.61. The van der Waals surface area contributed by atoms with Crippen LogP contribution in [0.5, 0.6) is 5.75 Å². The van der Waals surface area contributed by atoms with Gasteiger partial charge in [-0.25, -0.2) is 9.97 Å². The van der Waals surface area contributed by atoms with Crippen molar-refractivity contribution in [1.29, 1.82) is 5.26 Å². The number of benzene rings is 1. The van der Waals surface area contributed by atoms with Crippen LogP contribution in [0.1, 0.15) is 30.4 Å². The topological polar surface area (TPSA) is 121 Å². The summed E-state index contributed by atoms with van der Waals surface area (Å²) in [5, 5.41) is 26.9. The summed E-state index contributed by atoms with van der Waals surface area (Å²) in [5.74, 6) is 1.94. The second kappa shape index (κ2) is 12.2. The zero-order valence-electron chi connectivity index (χ0n) is 23.7. The molecule has 3 aromatic rings. The van der Waals surface area contributed by atoms with Crippen molar-refractivity contribution >= 4 is 33.3 Å². The fraction of sp³-hybridized carbons (Fsp3) is 0.517. The third kappa shape index (κ3) is 6.08. The lowest BCUT2D eigenvalue weighted by Crippen LogP contribution is -2.64. The number of aliphatic hydroxyl groups is 1. The van der Waals surface area contributed by atoms with E-state index < -0.39 is 6.10 Å². The van der Waals surface area contributed by atoms with Crippen LogP contribution in [0.3, 0.4) is 0 Å². The van der Waals surface area contributed by atoms with Gasteiger partial charge in [0.2, 0.25) is 0 Å². The molecule has 12 heteroatoms. The first kappa shape index (κ1) is 29.7. The van der Waals surface area contributed by atoms with Crippen molar-refractivity contribution < 1.29 is 14.6 Å². The third-order valence-corrected chi connectivity index (χ3v) is 8.96. The fourth-order valence-electron chi connectivity index (χ4n) is 5.81. The number of aromatic nitrogens is 4. The highest BCUT2D eigenvalue weighted by molar-refractivity contribution is 9.10. The van der Waals surface area contributed by atoms with Crippen LogP contribution < -0.4 is 15.0 Å². The molecule has 1 aliphatic heterocycles. The van der Waals surface area contributed by atoms with Gasteiger partial charge >= 0.3 is 0 Å². The normalized spacial score (nSPS) is 16.8. The van der Waals surface area contributed by atoms with Crippen molar-refractivity contribution in [3.8, 4) is 34.6 Å². The first-order valence-corrected chi connectivity index (χ1v) is 14.9. The number of nitrogens with zero attached hydrogens (tertiary/aromatic N) is 6. The van der Waals surface area contributed by atoms with Gasteiger partial charge in [0.25, 0.3) is 0 Å². The van der Waals surface area contributed by atoms with Gasteiger partial charge in [0.05, 0.1) is 41.6 Å². The molecule has 2 N–H and O–H groups in total. The van der Waals surface area contributed by atoms with Gasteiger partial charge in [0.15, 0.2) is 5.82 Å². The van der Waals surface area contributed by atoms with E-state index in [0.29, 0.717) is 41.7 Å². The maximum atomic E-state index is 10.1. The molecule has 1 saturated carbocycles. The van der Waals surface area contributed by atoms with Crippen LogP contribution in [0.15, 0.2) is 22.8 Å². The summed E-state index contributed by atoms with van der Waals surface area (Å²) in [7, 11) is 3.69. The number of nitriles is 1. The Bertz CT molecular complexity index is 1460. The summed E-state index contributed by atoms with van der Waals surface area (Å²) in [6.07, 6.45) is 2.01. The predicted molar refractivity (Wildman–Crippen MR) is 161 cm³/mol. The molecule has 1 spiro atoms. The van der Waals surface area contributed by atoms with E-state index in [-0.39, 0.29) is 18.1 Å². The monoisotopic (exact) mass is 643 g/mol. The van der Waals surface area contributed by atoms with E-state index in [1.165, 1.54) is 0 Å². The van der Waals surface area contributed by atoms with E-state index in [1.54, 1.807) is 19.2 Å². The van der Waals surface area contributed by atoms with Gasteiger partial charge < -0.3 is 24.8 Å². The maximum absolute atomic E-state index is 10.1. The van der Waals surface area contributed by atoms with Crippen molar-refractivity contribution in [3.05, 3.63) is 39.0 Å². The summed E-state index contributed by atoms with van der Waals surface area (Å²) in [6.45, 7) is 6.91. The number of rotatable bonds is 11. The molecule has 0 radical (unpaired) electrons. The van der Waals surface area contributed by atoms with Crippen LogP contribution in [-0.2, 0) is 11.8 Å². The van der Waals surface area contributed by atoms with E-state index in [0.717, 1.165) is 58.9 Å². The average Bonchev–Trinajstić information content (AvgIpc) is 3.15. The van der Waals surface area contributed by atoms with Crippen molar-refractivity contribution in [1.82, 2.24) is 25.1 Å². The molecule has 2 aliphatic rings. The van der Waals surface area contributed by atoms with Crippen LogP contribution in [0.25, 0.3) is 22.8 Å². The Morgan fingerprint density at radius 3 is 2.68 bits per heavy atom. The second-order valence-corrected chi connectivity index (χ2v) is 12.2. The lowest BCUT2D eigenvalue weighted by Gasteiger charge is -2.59. The van der Waals surface area contributed by atoms with Gasteiger partial charge in [-0.05, 0) is 67.9 Å². The van der Waals surface area contributed by atoms with Crippen molar-refractivity contribution in [2.24, 2.45) is 12.5 Å². The molecule has 1 aromatic carbocycles. The number of ether oxygens (including phenoxy) is 2. The van der Waals surface area contributed by atoms with Gasteiger partial charge in [0, 0.05) is 48.8 Å². The minimum absolute atomic E-state index is 0.145. The molecule has 1 saturated heterocycles. The number of hydrogen-bond acceptors (Lipinski definition) is 9. The number of likely N-dealkylation sites (N-methyl/N-ethyl adjacent to an activating group) is 1. The number of anilines is 1. The summed E-state index contributed by atoms with van der Waals surface area (Å²) >= 11 is 10.3. The molecule has 0 amide bonds. The summed E-state index contributed by atoms with van der Waals surface area (Å²) < 4.78 is 14.3. The number of aryl methyl sites for hydroxylation is 1. The molecule has 2 fully saturated rings. The molecule has 10 nitrogen and oxygen atoms in total. The molecule has 2 aromatic heterocycles. The first-order chi connectivity index (χ1) is 19.6. The molecule has 1 atom stereocenters. The van der Waals surface area contributed by atoms with Crippen molar-refractivity contribution in [3.63, 3.8) is 0 Å². The lowest BCUT2D eigenvalue weighted by molar-refractivity contribution is -0.0914. The van der Waals surface area contributed by atoms with Crippen LogP contribution in [0.2, 0.25) is 5.02 Å². The van der Waals surface area contributed by atoms with Crippen LogP contribution in [-0.4, -0.2) is 77.0 Å². The SMILES string of the molecule is CNC[C@@H](O)COc1ccc(Cl)c(-c2nc(-c3c(C)c(Br)nn3C)c(C)c(N3CC4(CC(OCCC#N)C4)C3)n2)c1. The predicted octanol–water partition coefficient (Wildman–Crippen LogP) is 4.44. The molecule has 218 valence electrons. The molecule has 0 bridgehead atoms. The van der Waals surface area contributed by atoms with E-state index in [2.05, 4.69) is 44.2 Å². The first-order valence-electron chi connectivity index (χ1n) is 13.7. The molecular formula is C29H35BrClN7O3. The van der Waals surface area contributed by atoms with Crippen molar-refractivity contribution in [2.45, 2.75) is 45.3 Å². The molecule has 5 rings (SSSR count). The van der Waals surface area contributed by atoms with Crippen LogP contribution in [0.4, 0.5) is 5.82 Å². The highest BCUT2D eigenvalue weighted by atomic mass is 79.9. The molecule has 3 heterocycles. The highest BCUT2D eigenvalue weighted by Crippen LogP contribution is 2.51. The Kier molecular flexibility index (Phi) is 8.87. The van der Waals surface area contributed by atoms with Gasteiger partial charge in [-0.2, -0.15) is 10.4 Å². The quantitative estimate of drug-likeness (QED) is 0.292. The Labute approximate surface area is 253 Å². The largest absolute Gasteiger partial charge is 0.491 e. The number of aliphatic hydroxyl groups excluding tert-OH is 1. The van der Waals surface area contributed by atoms with Gasteiger partial charge in [-0.1, -0.05) is 11.6 Å². The van der Waals surface area contributed by atoms with Gasteiger partial charge in [-0.15, -0.1) is 0 Å². The van der Waals surface area contributed by atoms with Gasteiger partial charge in [-0.3, -0.25) is 4.68 Å². The smallest absolute Gasteiger partial charge is 0.163 e. The average molecular weight is 645 g/mol. The number of hydrogen-bond donors (Lipinski definition) is 2. The van der Waals surface area contributed by atoms with E-state index in [1.807, 2.05) is 24.7 Å². The molecule has 41 heavy (non-hydrogen) atoms. The third-order valence-electron chi connectivity index (χ3n) is 7.87. The Hall–Kier alpha value is -2.75. The summed E-state index contributed by atoms with van der Waals surface area (Å²) in [5.41, 5.74) is 4.54. The number of nitrogens with one attached hydrogen (secondary N) is 1. The zero-order chi connectivity index (χ0) is 29.3. The van der Waals surface area contributed by atoms with Crippen molar-refractivity contribution in [2.75, 3.05) is 44.8 Å². The Morgan fingerprint density at radius 2 is 2.02 bits per heavy atom. The Morgan fingerprint density at radius 1 is 1.27 bits per heavy atom. The van der Waals surface area contributed by atoms with Crippen LogP contribution >= 0.6 is 27.5 Å². The van der Waals surface area contributed by atoms with Gasteiger partial charge in [0.1, 0.15) is 28.9 Å². The molecule has 0 unspecified atom stereocenters. The second-order valence-electron chi connectivity index (χ2n) is 11.1. The molecule has 1 aliphatic carbocycles. The summed E-state index contributed by atoms with van der Waals surface area (Å²) in [4.78, 5) is 12.4. The molecular weight excluding hydrogens is 610 g/mol. The standard InChI is InChI=1S/C29H35BrClN7O3/c1-17-24(25-18(2)26(30)36-37(25)4)34-27(22-10-20(6-7-23(22)31)41-14-19(39)13-33-3)35-28(17)38-15-29(16-38)11-21(12-29)40-9-5-8-32/h6-7,10,19,21,33,39H,5,9,11-16H2,1-4H3/t19-/m1/s1. The van der Waals surface area contributed by atoms with E-state index in [4.69, 9.17) is 36.3 Å². The minimum atomic E-state index is -0.638. The highest BCUT2D eigenvalue weighted by Gasteiger charge is 2.53. The van der Waals surface area contributed by atoms with E-state index in [9.17, 15) is 5.11 Å². The Balaban J connectivity index is 1.47.